The summed E-state index contributed by atoms with van der Waals surface area (Å²) in [7, 11) is 0. The lowest BCUT2D eigenvalue weighted by Gasteiger charge is -2.20. The van der Waals surface area contributed by atoms with Crippen molar-refractivity contribution in [3.63, 3.8) is 0 Å². The second-order valence-electron chi connectivity index (χ2n) is 4.96. The Morgan fingerprint density at radius 3 is 2.75 bits per heavy atom. The average Bonchev–Trinajstić information content (AvgIpc) is 2.44. The molecule has 2 heteroatoms. The molecule has 20 heavy (non-hydrogen) atoms. The Bertz CT molecular complexity index is 630. The summed E-state index contributed by atoms with van der Waals surface area (Å²) >= 11 is 3.73. The smallest absolute Gasteiger partial charge is 0.0877 e. The van der Waals surface area contributed by atoms with Gasteiger partial charge in [-0.2, -0.15) is 0 Å². The molecule has 0 bridgehead atoms. The standard InChI is InChI=1S/C18H19BrO/c1-4-11-20-17(12-13(2)3)16-10-9-14-7-5-6-8-15(14)18(16)19/h4-10,17H,1-2,11-12H2,3H3. The van der Waals surface area contributed by atoms with Gasteiger partial charge in [-0.15, -0.1) is 13.2 Å². The van der Waals surface area contributed by atoms with Crippen molar-refractivity contribution in [3.8, 4) is 0 Å². The molecule has 2 rings (SSSR count). The van der Waals surface area contributed by atoms with Gasteiger partial charge in [0.15, 0.2) is 0 Å². The Morgan fingerprint density at radius 2 is 2.05 bits per heavy atom. The fraction of sp³-hybridized carbons (Fsp3) is 0.222. The van der Waals surface area contributed by atoms with E-state index in [1.165, 1.54) is 10.8 Å². The highest BCUT2D eigenvalue weighted by Gasteiger charge is 2.16. The van der Waals surface area contributed by atoms with Crippen LogP contribution < -0.4 is 0 Å². The minimum Gasteiger partial charge on any atom is -0.369 e. The zero-order valence-electron chi connectivity index (χ0n) is 11.7. The van der Waals surface area contributed by atoms with E-state index in [-0.39, 0.29) is 6.10 Å². The summed E-state index contributed by atoms with van der Waals surface area (Å²) in [5, 5.41) is 2.43. The van der Waals surface area contributed by atoms with Gasteiger partial charge in [0.1, 0.15) is 0 Å². The second kappa shape index (κ2) is 6.87. The van der Waals surface area contributed by atoms with Crippen molar-refractivity contribution in [3.05, 3.63) is 71.2 Å². The van der Waals surface area contributed by atoms with Gasteiger partial charge in [-0.05, 0) is 45.6 Å². The van der Waals surface area contributed by atoms with E-state index in [2.05, 4.69) is 59.4 Å². The van der Waals surface area contributed by atoms with Crippen LogP contribution in [0.3, 0.4) is 0 Å². The number of hydrogen-bond acceptors (Lipinski definition) is 1. The van der Waals surface area contributed by atoms with Gasteiger partial charge in [0, 0.05) is 4.47 Å². The third-order valence-electron chi connectivity index (χ3n) is 3.19. The number of fused-ring (bicyclic) bond motifs is 1. The lowest BCUT2D eigenvalue weighted by Crippen LogP contribution is -2.06. The summed E-state index contributed by atoms with van der Waals surface area (Å²) in [6.07, 6.45) is 2.59. The molecule has 0 aliphatic heterocycles. The van der Waals surface area contributed by atoms with Gasteiger partial charge in [0.25, 0.3) is 0 Å². The maximum absolute atomic E-state index is 5.91. The molecule has 0 radical (unpaired) electrons. The predicted molar refractivity (Wildman–Crippen MR) is 90.0 cm³/mol. The molecular formula is C18H19BrO. The number of rotatable bonds is 6. The molecule has 0 aromatic heterocycles. The van der Waals surface area contributed by atoms with E-state index in [1.807, 2.05) is 13.0 Å². The van der Waals surface area contributed by atoms with E-state index in [9.17, 15) is 0 Å². The molecule has 2 aromatic rings. The fourth-order valence-electron chi connectivity index (χ4n) is 2.26. The molecule has 1 atom stereocenters. The molecule has 0 saturated heterocycles. The summed E-state index contributed by atoms with van der Waals surface area (Å²) in [4.78, 5) is 0. The van der Waals surface area contributed by atoms with Crippen LogP contribution >= 0.6 is 15.9 Å². The number of hydrogen-bond donors (Lipinski definition) is 0. The molecular weight excluding hydrogens is 312 g/mol. The highest BCUT2D eigenvalue weighted by Crippen LogP contribution is 2.35. The van der Waals surface area contributed by atoms with Crippen LogP contribution in [0.1, 0.15) is 25.0 Å². The molecule has 1 nitrogen and oxygen atoms in total. The van der Waals surface area contributed by atoms with Crippen LogP contribution in [0.2, 0.25) is 0 Å². The molecule has 0 aliphatic rings. The average molecular weight is 331 g/mol. The Balaban J connectivity index is 2.43. The van der Waals surface area contributed by atoms with E-state index in [0.717, 1.165) is 22.0 Å². The molecule has 0 spiro atoms. The monoisotopic (exact) mass is 330 g/mol. The summed E-state index contributed by atoms with van der Waals surface area (Å²) in [6.45, 7) is 10.3. The molecule has 0 fully saturated rings. The molecule has 2 aromatic carbocycles. The zero-order chi connectivity index (χ0) is 14.5. The minimum absolute atomic E-state index is 0.00415. The fourth-order valence-corrected chi connectivity index (χ4v) is 3.01. The van der Waals surface area contributed by atoms with Gasteiger partial charge in [-0.3, -0.25) is 0 Å². The Hall–Kier alpha value is -1.38. The van der Waals surface area contributed by atoms with Crippen LogP contribution in [-0.2, 0) is 4.74 Å². The third-order valence-corrected chi connectivity index (χ3v) is 4.07. The van der Waals surface area contributed by atoms with Crippen LogP contribution in [0, 0.1) is 0 Å². The number of benzene rings is 2. The molecule has 0 heterocycles. The van der Waals surface area contributed by atoms with Crippen molar-refractivity contribution in [2.45, 2.75) is 19.4 Å². The largest absolute Gasteiger partial charge is 0.369 e. The predicted octanol–water partition coefficient (Wildman–Crippen LogP) is 5.81. The molecule has 104 valence electrons. The van der Waals surface area contributed by atoms with E-state index in [1.54, 1.807) is 6.08 Å². The van der Waals surface area contributed by atoms with Crippen molar-refractivity contribution in [1.29, 1.82) is 0 Å². The molecule has 0 aliphatic carbocycles. The maximum Gasteiger partial charge on any atom is 0.0877 e. The first kappa shape index (κ1) is 15.0. The zero-order valence-corrected chi connectivity index (χ0v) is 13.3. The van der Waals surface area contributed by atoms with Crippen LogP contribution in [0.5, 0.6) is 0 Å². The topological polar surface area (TPSA) is 9.23 Å². The lowest BCUT2D eigenvalue weighted by atomic mass is 9.99. The number of halogens is 1. The van der Waals surface area contributed by atoms with Crippen molar-refractivity contribution in [2.24, 2.45) is 0 Å². The normalized spacial score (nSPS) is 12.3. The van der Waals surface area contributed by atoms with Crippen LogP contribution in [0.25, 0.3) is 10.8 Å². The third kappa shape index (κ3) is 3.38. The highest BCUT2D eigenvalue weighted by atomic mass is 79.9. The van der Waals surface area contributed by atoms with Gasteiger partial charge >= 0.3 is 0 Å². The second-order valence-corrected chi connectivity index (χ2v) is 5.75. The van der Waals surface area contributed by atoms with Crippen LogP contribution in [0.4, 0.5) is 0 Å². The van der Waals surface area contributed by atoms with Gasteiger partial charge in [-0.25, -0.2) is 0 Å². The minimum atomic E-state index is 0.00415. The lowest BCUT2D eigenvalue weighted by molar-refractivity contribution is 0.0742. The van der Waals surface area contributed by atoms with E-state index < -0.39 is 0 Å². The molecule has 1 unspecified atom stereocenters. The quantitative estimate of drug-likeness (QED) is 0.607. The molecule has 0 N–H and O–H groups in total. The summed E-state index contributed by atoms with van der Waals surface area (Å²) in [5.41, 5.74) is 2.27. The van der Waals surface area contributed by atoms with Gasteiger partial charge in [-0.1, -0.05) is 48.0 Å². The van der Waals surface area contributed by atoms with Gasteiger partial charge in [0.05, 0.1) is 12.7 Å². The Morgan fingerprint density at radius 1 is 1.30 bits per heavy atom. The highest BCUT2D eigenvalue weighted by molar-refractivity contribution is 9.10. The summed E-state index contributed by atoms with van der Waals surface area (Å²) in [5.74, 6) is 0. The van der Waals surface area contributed by atoms with Gasteiger partial charge < -0.3 is 4.74 Å². The molecule has 0 amide bonds. The SMILES string of the molecule is C=CCOC(CC(=C)C)c1ccc2ccccc2c1Br. The first-order chi connectivity index (χ1) is 9.63. The van der Waals surface area contributed by atoms with Crippen molar-refractivity contribution in [2.75, 3.05) is 6.61 Å². The van der Waals surface area contributed by atoms with E-state index in [0.29, 0.717) is 6.61 Å². The number of ether oxygens (including phenoxy) is 1. The molecule has 0 saturated carbocycles. The summed E-state index contributed by atoms with van der Waals surface area (Å²) in [6, 6.07) is 12.6. The van der Waals surface area contributed by atoms with Crippen LogP contribution in [0.15, 0.2) is 65.7 Å². The first-order valence-corrected chi connectivity index (χ1v) is 7.46. The van der Waals surface area contributed by atoms with E-state index in [4.69, 9.17) is 4.74 Å². The maximum atomic E-state index is 5.91. The van der Waals surface area contributed by atoms with Crippen molar-refractivity contribution < 1.29 is 4.74 Å². The summed E-state index contributed by atoms with van der Waals surface area (Å²) < 4.78 is 7.01. The van der Waals surface area contributed by atoms with E-state index >= 15 is 0 Å². The van der Waals surface area contributed by atoms with Crippen LogP contribution in [-0.4, -0.2) is 6.61 Å². The van der Waals surface area contributed by atoms with Crippen molar-refractivity contribution >= 4 is 26.7 Å². The Kier molecular flexibility index (Phi) is 5.16. The Labute approximate surface area is 129 Å². The first-order valence-electron chi connectivity index (χ1n) is 6.67. The van der Waals surface area contributed by atoms with Gasteiger partial charge in [0.2, 0.25) is 0 Å². The van der Waals surface area contributed by atoms with Crippen molar-refractivity contribution in [1.82, 2.24) is 0 Å².